The van der Waals surface area contributed by atoms with Crippen molar-refractivity contribution in [3.05, 3.63) is 89.3 Å². The fourth-order valence-corrected chi connectivity index (χ4v) is 5.30. The molecule has 2 aromatic carbocycles. The molecule has 2 aliphatic heterocycles. The maximum Gasteiger partial charge on any atom is 0.241 e. The molecule has 0 fully saturated rings. The monoisotopic (exact) mass is 634 g/mol. The summed E-state index contributed by atoms with van der Waals surface area (Å²) in [5, 5.41) is 15.6. The van der Waals surface area contributed by atoms with Gasteiger partial charge in [-0.3, -0.25) is 0 Å². The number of nitrogens with zero attached hydrogens (tertiary/aromatic N) is 6. The number of carbonyl (C=O) groups excluding carboxylic acids is 1. The van der Waals surface area contributed by atoms with Crippen LogP contribution in [-0.4, -0.2) is 79.5 Å². The lowest BCUT2D eigenvalue weighted by Crippen LogP contribution is -2.09. The Bertz CT molecular complexity index is 1410. The molecular weight excluding hydrogens is 594 g/mol. The Hall–Kier alpha value is -3.72. The Balaban J connectivity index is 0.000000252. The van der Waals surface area contributed by atoms with Gasteiger partial charge in [0.15, 0.2) is 24.0 Å². The van der Waals surface area contributed by atoms with Gasteiger partial charge in [0.1, 0.15) is 29.4 Å². The maximum atomic E-state index is 14.1. The van der Waals surface area contributed by atoms with Gasteiger partial charge in [-0.05, 0) is 25.0 Å². The quantitative estimate of drug-likeness (QED) is 0.321. The number of aryl methyl sites for hydroxylation is 1. The maximum absolute atomic E-state index is 14.1. The van der Waals surface area contributed by atoms with Gasteiger partial charge in [0.05, 0.1) is 12.1 Å². The summed E-state index contributed by atoms with van der Waals surface area (Å²) in [6, 6.07) is 19.3. The third-order valence-electron chi connectivity index (χ3n) is 6.50. The van der Waals surface area contributed by atoms with Crippen molar-refractivity contribution < 1.29 is 32.4 Å². The van der Waals surface area contributed by atoms with Gasteiger partial charge in [0, 0.05) is 40.8 Å². The van der Waals surface area contributed by atoms with Gasteiger partial charge in [-0.15, -0.1) is 5.10 Å². The van der Waals surface area contributed by atoms with Crippen molar-refractivity contribution in [3.63, 3.8) is 0 Å². The fourth-order valence-electron chi connectivity index (χ4n) is 4.61. The van der Waals surface area contributed by atoms with E-state index >= 15 is 0 Å². The van der Waals surface area contributed by atoms with E-state index < -0.39 is 23.1 Å². The Morgan fingerprint density at radius 2 is 1.27 bits per heavy atom. The number of aromatic nitrogens is 6. The molecule has 0 saturated heterocycles. The van der Waals surface area contributed by atoms with Crippen LogP contribution in [0.5, 0.6) is 0 Å². The molecule has 0 bridgehead atoms. The van der Waals surface area contributed by atoms with Gasteiger partial charge in [-0.25, -0.2) is 32.3 Å². The molecule has 240 valence electrons. The van der Waals surface area contributed by atoms with E-state index in [1.807, 2.05) is 74.4 Å². The van der Waals surface area contributed by atoms with E-state index in [2.05, 4.69) is 24.9 Å². The van der Waals surface area contributed by atoms with Crippen LogP contribution in [0.1, 0.15) is 72.8 Å². The van der Waals surface area contributed by atoms with Gasteiger partial charge < -0.3 is 19.4 Å². The average Bonchev–Trinajstić information content (AvgIpc) is 3.83. The number of fused-ring (bicyclic) bond motifs is 2. The van der Waals surface area contributed by atoms with Crippen LogP contribution in [0.25, 0.3) is 0 Å². The number of halogens is 2. The number of methoxy groups -OCH3 is 2. The van der Waals surface area contributed by atoms with E-state index in [-0.39, 0.29) is 29.0 Å². The van der Waals surface area contributed by atoms with Gasteiger partial charge in [-0.2, -0.15) is 5.10 Å². The van der Waals surface area contributed by atoms with E-state index in [0.29, 0.717) is 24.5 Å². The second-order valence-electron chi connectivity index (χ2n) is 9.25. The molecule has 0 saturated carbocycles. The normalized spacial score (nSPS) is 19.7. The average molecular weight is 635 g/mol. The van der Waals surface area contributed by atoms with E-state index in [0.717, 1.165) is 24.8 Å². The lowest BCUT2D eigenvalue weighted by atomic mass is 10.0. The molecule has 6 rings (SSSR count). The number of rotatable bonds is 6. The van der Waals surface area contributed by atoms with Crippen LogP contribution in [-0.2, 0) is 25.1 Å². The summed E-state index contributed by atoms with van der Waals surface area (Å²) in [6.45, 7) is 6.57. The molecule has 5 atom stereocenters. The van der Waals surface area contributed by atoms with Crippen LogP contribution < -0.4 is 0 Å². The molecule has 1 N–H and O–H groups in total. The third kappa shape index (κ3) is 9.14. The second-order valence-corrected chi connectivity index (χ2v) is 10.5. The Morgan fingerprint density at radius 3 is 1.70 bits per heavy atom. The van der Waals surface area contributed by atoms with Crippen molar-refractivity contribution in [2.45, 2.75) is 56.3 Å². The number of benzene rings is 2. The van der Waals surface area contributed by atoms with Crippen LogP contribution in [0, 0.1) is 6.92 Å². The largest absolute Gasteiger partial charge is 0.400 e. The highest BCUT2D eigenvalue weighted by Crippen LogP contribution is 2.40. The smallest absolute Gasteiger partial charge is 0.241 e. The van der Waals surface area contributed by atoms with Crippen LogP contribution in [0.2, 0.25) is 0 Å². The van der Waals surface area contributed by atoms with E-state index in [4.69, 9.17) is 14.6 Å². The predicted octanol–water partition coefficient (Wildman–Crippen LogP) is 4.66. The molecule has 1 unspecified atom stereocenters. The standard InChI is InChI=1S/C13H14FN3O2S.C12H12FN3.C3H8O.CH4O.CH2O/c1-19-8-20(18)13-15-12-10(14)7-11(17(12)16-13)9-5-3-2-4-6-9;1-8-14-12-10(13)7-11(16(12)15-8)9-5-3-2-4-6-9;1-3-4-2;2*1-2/h2-6,10-11H,7-8H2,1H3;2-6,10-11H,7H2,1H3;3H2,1-2H3;2H,1H3;1H2/t10-,11-,20?;10-,11-;;;/m00.../s1. The molecule has 2 aromatic heterocycles. The summed E-state index contributed by atoms with van der Waals surface area (Å²) in [6.07, 6.45) is -1.41. The summed E-state index contributed by atoms with van der Waals surface area (Å²) in [7, 11) is 2.67. The summed E-state index contributed by atoms with van der Waals surface area (Å²) in [5.74, 6) is 1.36. The van der Waals surface area contributed by atoms with Crippen molar-refractivity contribution in [1.29, 1.82) is 0 Å². The number of aliphatic hydroxyl groups excluding tert-OH is 1. The molecule has 4 heterocycles. The van der Waals surface area contributed by atoms with E-state index in [1.54, 1.807) is 23.4 Å². The van der Waals surface area contributed by atoms with Crippen molar-refractivity contribution >= 4 is 17.6 Å². The minimum atomic E-state index is -1.46. The van der Waals surface area contributed by atoms with Gasteiger partial charge in [0.25, 0.3) is 0 Å². The highest BCUT2D eigenvalue weighted by atomic mass is 32.2. The molecule has 4 aromatic rings. The molecular formula is C30H40F2N6O5S. The third-order valence-corrected chi connectivity index (χ3v) is 7.53. The van der Waals surface area contributed by atoms with Gasteiger partial charge in [0.2, 0.25) is 5.16 Å². The topological polar surface area (TPSA) is 134 Å². The number of aliphatic hydroxyl groups is 1. The lowest BCUT2D eigenvalue weighted by molar-refractivity contribution is -0.0980. The minimum Gasteiger partial charge on any atom is -0.400 e. The number of alkyl halides is 2. The Labute approximate surface area is 258 Å². The first-order valence-electron chi connectivity index (χ1n) is 13.7. The first-order valence-corrected chi connectivity index (χ1v) is 15.1. The first kappa shape index (κ1) is 36.5. The Morgan fingerprint density at radius 1 is 0.841 bits per heavy atom. The van der Waals surface area contributed by atoms with E-state index in [9.17, 15) is 13.0 Å². The van der Waals surface area contributed by atoms with Crippen molar-refractivity contribution in [1.82, 2.24) is 29.5 Å². The highest BCUT2D eigenvalue weighted by molar-refractivity contribution is 7.84. The zero-order valence-corrected chi connectivity index (χ0v) is 26.4. The Kier molecular flexibility index (Phi) is 15.6. The molecule has 44 heavy (non-hydrogen) atoms. The van der Waals surface area contributed by atoms with Gasteiger partial charge >= 0.3 is 0 Å². The first-order chi connectivity index (χ1) is 21.4. The zero-order chi connectivity index (χ0) is 32.6. The van der Waals surface area contributed by atoms with Crippen LogP contribution in [0.3, 0.4) is 0 Å². The lowest BCUT2D eigenvalue weighted by Gasteiger charge is -2.11. The second kappa shape index (κ2) is 18.8. The van der Waals surface area contributed by atoms with Crippen molar-refractivity contribution in [2.24, 2.45) is 0 Å². The summed E-state index contributed by atoms with van der Waals surface area (Å²) in [5.41, 5.74) is 2.07. The highest BCUT2D eigenvalue weighted by Gasteiger charge is 2.36. The SMILES string of the molecule is C=O.CCOC.CO.COCS(=O)c1nc2n(n1)[C@H](c1ccccc1)C[C@@H]2F.Cc1nc2n(n1)[C@H](c1ccccc1)C[C@@H]2F. The number of hydrogen-bond acceptors (Lipinski definition) is 9. The summed E-state index contributed by atoms with van der Waals surface area (Å²) < 4.78 is 52.2. The molecule has 0 amide bonds. The summed E-state index contributed by atoms with van der Waals surface area (Å²) in [4.78, 5) is 16.2. The van der Waals surface area contributed by atoms with Crippen LogP contribution >= 0.6 is 0 Å². The molecule has 14 heteroatoms. The predicted molar refractivity (Wildman–Crippen MR) is 162 cm³/mol. The van der Waals surface area contributed by atoms with E-state index in [1.165, 1.54) is 7.11 Å². The zero-order valence-electron chi connectivity index (χ0n) is 25.5. The summed E-state index contributed by atoms with van der Waals surface area (Å²) >= 11 is 0. The molecule has 0 radical (unpaired) electrons. The number of hydrogen-bond donors (Lipinski definition) is 1. The molecule has 2 aliphatic rings. The number of ether oxygens (including phenoxy) is 2. The van der Waals surface area contributed by atoms with Crippen LogP contribution in [0.15, 0.2) is 65.8 Å². The molecule has 11 nitrogen and oxygen atoms in total. The fraction of sp³-hybridized carbons (Fsp3) is 0.433. The van der Waals surface area contributed by atoms with Crippen molar-refractivity contribution in [3.8, 4) is 0 Å². The molecule has 0 aliphatic carbocycles. The van der Waals surface area contributed by atoms with Crippen molar-refractivity contribution in [2.75, 3.05) is 33.9 Å². The minimum absolute atomic E-state index is 0.00704. The molecule has 0 spiro atoms. The number of carbonyl (C=O) groups is 1. The van der Waals surface area contributed by atoms with Crippen LogP contribution in [0.4, 0.5) is 8.78 Å². The van der Waals surface area contributed by atoms with Gasteiger partial charge in [-0.1, -0.05) is 60.7 Å².